The first-order chi connectivity index (χ1) is 9.81. The highest BCUT2D eigenvalue weighted by atomic mass is 16.2. The van der Waals surface area contributed by atoms with E-state index in [1.807, 2.05) is 32.9 Å². The van der Waals surface area contributed by atoms with Crippen LogP contribution < -0.4 is 10.6 Å². The first-order valence-electron chi connectivity index (χ1n) is 6.72. The second-order valence-corrected chi connectivity index (χ2v) is 5.15. The molecule has 0 unspecified atom stereocenters. The van der Waals surface area contributed by atoms with Crippen molar-refractivity contribution >= 4 is 23.4 Å². The lowest BCUT2D eigenvalue weighted by Crippen LogP contribution is -2.44. The van der Waals surface area contributed by atoms with E-state index in [2.05, 4.69) is 10.6 Å². The Morgan fingerprint density at radius 1 is 1.19 bits per heavy atom. The fourth-order valence-electron chi connectivity index (χ4n) is 1.72. The van der Waals surface area contributed by atoms with Crippen LogP contribution in [0.1, 0.15) is 19.4 Å². The Balaban J connectivity index is 2.60. The smallest absolute Gasteiger partial charge is 0.313 e. The molecular formula is C15H21N3O3. The molecule has 0 atom stereocenters. The van der Waals surface area contributed by atoms with Crippen LogP contribution in [-0.4, -0.2) is 42.3 Å². The van der Waals surface area contributed by atoms with Gasteiger partial charge in [-0.25, -0.2) is 0 Å². The highest BCUT2D eigenvalue weighted by molar-refractivity contribution is 6.39. The third-order valence-electron chi connectivity index (χ3n) is 2.76. The van der Waals surface area contributed by atoms with Crippen molar-refractivity contribution in [2.24, 2.45) is 0 Å². The van der Waals surface area contributed by atoms with E-state index in [9.17, 15) is 14.4 Å². The van der Waals surface area contributed by atoms with Crippen molar-refractivity contribution < 1.29 is 14.4 Å². The zero-order chi connectivity index (χ0) is 16.0. The number of hydrogen-bond acceptors (Lipinski definition) is 3. The maximum atomic E-state index is 11.9. The van der Waals surface area contributed by atoms with E-state index < -0.39 is 11.8 Å². The molecule has 0 aliphatic carbocycles. The summed E-state index contributed by atoms with van der Waals surface area (Å²) in [6, 6.07) is 7.15. The number of aryl methyl sites for hydroxylation is 1. The van der Waals surface area contributed by atoms with Gasteiger partial charge in [-0.15, -0.1) is 0 Å². The Kier molecular flexibility index (Phi) is 5.90. The number of anilines is 1. The number of nitrogens with one attached hydrogen (secondary N) is 2. The fraction of sp³-hybridized carbons (Fsp3) is 0.400. The monoisotopic (exact) mass is 291 g/mol. The second-order valence-electron chi connectivity index (χ2n) is 5.15. The molecule has 1 aromatic carbocycles. The molecule has 1 aromatic rings. The van der Waals surface area contributed by atoms with Crippen LogP contribution in [0.25, 0.3) is 0 Å². The third kappa shape index (κ3) is 5.25. The molecule has 0 saturated heterocycles. The molecule has 0 fully saturated rings. The van der Waals surface area contributed by atoms with Crippen molar-refractivity contribution in [2.75, 3.05) is 18.9 Å². The Hall–Kier alpha value is -2.37. The Labute approximate surface area is 124 Å². The van der Waals surface area contributed by atoms with E-state index in [-0.39, 0.29) is 18.5 Å². The first kappa shape index (κ1) is 16.7. The normalized spacial score (nSPS) is 10.1. The zero-order valence-electron chi connectivity index (χ0n) is 12.8. The Morgan fingerprint density at radius 3 is 2.38 bits per heavy atom. The number of carbonyl (C=O) groups is 3. The predicted octanol–water partition coefficient (Wildman–Crippen LogP) is 0.917. The van der Waals surface area contributed by atoms with Gasteiger partial charge in [0.25, 0.3) is 0 Å². The number of hydrogen-bond donors (Lipinski definition) is 2. The zero-order valence-corrected chi connectivity index (χ0v) is 12.8. The van der Waals surface area contributed by atoms with Crippen LogP contribution >= 0.6 is 0 Å². The van der Waals surface area contributed by atoms with Gasteiger partial charge in [-0.3, -0.25) is 14.4 Å². The molecular weight excluding hydrogens is 270 g/mol. The minimum absolute atomic E-state index is 0.0122. The molecule has 21 heavy (non-hydrogen) atoms. The summed E-state index contributed by atoms with van der Waals surface area (Å²) in [5.41, 5.74) is 1.44. The van der Waals surface area contributed by atoms with E-state index in [0.29, 0.717) is 5.69 Å². The number of likely N-dealkylation sites (N-methyl/N-ethyl adjacent to an activating group) is 1. The number of carbonyl (C=O) groups excluding carboxylic acids is 3. The quantitative estimate of drug-likeness (QED) is 0.810. The van der Waals surface area contributed by atoms with Crippen LogP contribution in [0.3, 0.4) is 0 Å². The van der Waals surface area contributed by atoms with Gasteiger partial charge in [-0.2, -0.15) is 0 Å². The average Bonchev–Trinajstić information content (AvgIpc) is 2.39. The highest BCUT2D eigenvalue weighted by Crippen LogP contribution is 2.12. The highest BCUT2D eigenvalue weighted by Gasteiger charge is 2.21. The van der Waals surface area contributed by atoms with Crippen molar-refractivity contribution in [3.63, 3.8) is 0 Å². The van der Waals surface area contributed by atoms with E-state index in [1.165, 1.54) is 7.05 Å². The molecule has 114 valence electrons. The van der Waals surface area contributed by atoms with Gasteiger partial charge >= 0.3 is 11.8 Å². The predicted molar refractivity (Wildman–Crippen MR) is 80.7 cm³/mol. The van der Waals surface area contributed by atoms with Gasteiger partial charge in [-0.05, 0) is 32.4 Å². The molecule has 0 aromatic heterocycles. The van der Waals surface area contributed by atoms with Gasteiger partial charge in [0.1, 0.15) is 0 Å². The molecule has 6 nitrogen and oxygen atoms in total. The van der Waals surface area contributed by atoms with Crippen molar-refractivity contribution in [3.05, 3.63) is 29.8 Å². The van der Waals surface area contributed by atoms with Crippen molar-refractivity contribution in [1.82, 2.24) is 10.2 Å². The van der Waals surface area contributed by atoms with Gasteiger partial charge in [0.2, 0.25) is 5.91 Å². The summed E-state index contributed by atoms with van der Waals surface area (Å²) in [6.45, 7) is 5.33. The van der Waals surface area contributed by atoms with E-state index in [1.54, 1.807) is 12.1 Å². The molecule has 0 aliphatic rings. The minimum atomic E-state index is -0.760. The van der Waals surface area contributed by atoms with Crippen LogP contribution in [0.4, 0.5) is 5.69 Å². The van der Waals surface area contributed by atoms with Gasteiger partial charge < -0.3 is 15.5 Å². The fourth-order valence-corrected chi connectivity index (χ4v) is 1.72. The second kappa shape index (κ2) is 7.42. The molecule has 0 saturated carbocycles. The van der Waals surface area contributed by atoms with Crippen molar-refractivity contribution in [2.45, 2.75) is 26.8 Å². The van der Waals surface area contributed by atoms with E-state index >= 15 is 0 Å². The summed E-state index contributed by atoms with van der Waals surface area (Å²) >= 11 is 0. The van der Waals surface area contributed by atoms with Crippen LogP contribution in [0.2, 0.25) is 0 Å². The van der Waals surface area contributed by atoms with Crippen LogP contribution in [0, 0.1) is 6.92 Å². The maximum Gasteiger partial charge on any atom is 0.313 e. The summed E-state index contributed by atoms with van der Waals surface area (Å²) in [6.07, 6.45) is 0. The van der Waals surface area contributed by atoms with Crippen LogP contribution in [0.15, 0.2) is 24.3 Å². The molecule has 1 rings (SSSR count). The summed E-state index contributed by atoms with van der Waals surface area (Å²) in [5, 5.41) is 5.20. The molecule has 3 amide bonds. The van der Waals surface area contributed by atoms with Crippen LogP contribution in [-0.2, 0) is 14.4 Å². The molecule has 0 aliphatic heterocycles. The number of nitrogens with zero attached hydrogens (tertiary/aromatic N) is 1. The average molecular weight is 291 g/mol. The van der Waals surface area contributed by atoms with Gasteiger partial charge in [-0.1, -0.05) is 18.2 Å². The van der Waals surface area contributed by atoms with E-state index in [0.717, 1.165) is 10.5 Å². The summed E-state index contributed by atoms with van der Waals surface area (Å²) in [7, 11) is 1.42. The first-order valence-corrected chi connectivity index (χ1v) is 6.72. The molecule has 2 N–H and O–H groups in total. The summed E-state index contributed by atoms with van der Waals surface area (Å²) in [4.78, 5) is 36.4. The number of rotatable bonds is 4. The van der Waals surface area contributed by atoms with Gasteiger partial charge in [0.05, 0.1) is 6.54 Å². The number of para-hydroxylation sites is 1. The van der Waals surface area contributed by atoms with Crippen LogP contribution in [0.5, 0.6) is 0 Å². The molecule has 6 heteroatoms. The molecule has 0 bridgehead atoms. The van der Waals surface area contributed by atoms with Crippen molar-refractivity contribution in [3.8, 4) is 0 Å². The van der Waals surface area contributed by atoms with E-state index in [4.69, 9.17) is 0 Å². The van der Waals surface area contributed by atoms with Gasteiger partial charge in [0.15, 0.2) is 0 Å². The SMILES string of the molecule is Cc1ccccc1NC(=O)C(=O)N(C)CC(=O)NC(C)C. The van der Waals surface area contributed by atoms with Gasteiger partial charge in [0, 0.05) is 18.8 Å². The minimum Gasteiger partial charge on any atom is -0.352 e. The Bertz CT molecular complexity index is 541. The lowest BCUT2D eigenvalue weighted by Gasteiger charge is -2.17. The number of benzene rings is 1. The topological polar surface area (TPSA) is 78.5 Å². The third-order valence-corrected chi connectivity index (χ3v) is 2.76. The molecule has 0 spiro atoms. The largest absolute Gasteiger partial charge is 0.352 e. The lowest BCUT2D eigenvalue weighted by atomic mass is 10.2. The maximum absolute atomic E-state index is 11.9. The summed E-state index contributed by atoms with van der Waals surface area (Å²) in [5.74, 6) is -1.81. The standard InChI is InChI=1S/C15H21N3O3/c1-10(2)16-13(19)9-18(4)15(21)14(20)17-12-8-6-5-7-11(12)3/h5-8,10H,9H2,1-4H3,(H,16,19)(H,17,20). The molecule has 0 radical (unpaired) electrons. The summed E-state index contributed by atoms with van der Waals surface area (Å²) < 4.78 is 0. The lowest BCUT2D eigenvalue weighted by molar-refractivity contribution is -0.143. The Morgan fingerprint density at radius 2 is 1.81 bits per heavy atom. The number of amides is 3. The molecule has 0 heterocycles. The van der Waals surface area contributed by atoms with Crippen molar-refractivity contribution in [1.29, 1.82) is 0 Å².